The second kappa shape index (κ2) is 10.6. The lowest BCUT2D eigenvalue weighted by Gasteiger charge is -2.46. The van der Waals surface area contributed by atoms with Crippen LogP contribution in [0.3, 0.4) is 0 Å². The molecule has 2 aromatic rings. The first-order valence-electron chi connectivity index (χ1n) is 12.1. The molecule has 0 bridgehead atoms. The zero-order chi connectivity index (χ0) is 27.0. The van der Waals surface area contributed by atoms with Crippen LogP contribution in [0.1, 0.15) is 52.2 Å². The summed E-state index contributed by atoms with van der Waals surface area (Å²) in [6.07, 6.45) is -7.74. The van der Waals surface area contributed by atoms with Crippen LogP contribution in [-0.4, -0.2) is 61.0 Å². The number of halogens is 7. The molecule has 1 N–H and O–H groups in total. The van der Waals surface area contributed by atoms with Gasteiger partial charge in [0.05, 0.1) is 11.1 Å². The lowest BCUT2D eigenvalue weighted by atomic mass is 9.83. The van der Waals surface area contributed by atoms with E-state index in [1.807, 2.05) is 0 Å². The lowest BCUT2D eigenvalue weighted by Crippen LogP contribution is -2.54. The highest BCUT2D eigenvalue weighted by Crippen LogP contribution is 2.38. The fourth-order valence-electron chi connectivity index (χ4n) is 5.40. The molecule has 202 valence electrons. The number of likely N-dealkylation sites (N-methyl/N-ethyl adjacent to an activating group) is 1. The molecule has 37 heavy (non-hydrogen) atoms. The Morgan fingerprint density at radius 2 is 1.49 bits per heavy atom. The van der Waals surface area contributed by atoms with Gasteiger partial charge in [0.1, 0.15) is 5.82 Å². The number of benzene rings is 2. The van der Waals surface area contributed by atoms with Crippen LogP contribution in [0, 0.1) is 5.82 Å². The second-order valence-corrected chi connectivity index (χ2v) is 9.70. The van der Waals surface area contributed by atoms with Gasteiger partial charge in [-0.15, -0.1) is 0 Å². The van der Waals surface area contributed by atoms with E-state index in [4.69, 9.17) is 0 Å². The number of hydrogen-bond acceptors (Lipinski definition) is 3. The van der Waals surface area contributed by atoms with E-state index in [2.05, 4.69) is 10.2 Å². The van der Waals surface area contributed by atoms with E-state index in [1.54, 1.807) is 12.1 Å². The Bertz CT molecular complexity index is 1060. The minimum Gasteiger partial charge on any atom is -0.338 e. The van der Waals surface area contributed by atoms with Crippen LogP contribution < -0.4 is 5.32 Å². The van der Waals surface area contributed by atoms with Crippen molar-refractivity contribution in [1.29, 1.82) is 0 Å². The summed E-state index contributed by atoms with van der Waals surface area (Å²) in [7, 11) is 1.40. The van der Waals surface area contributed by atoms with Gasteiger partial charge in [-0.3, -0.25) is 9.69 Å². The average molecular weight is 532 g/mol. The predicted molar refractivity (Wildman–Crippen MR) is 124 cm³/mol. The summed E-state index contributed by atoms with van der Waals surface area (Å²) in [6.45, 7) is 2.92. The third-order valence-electron chi connectivity index (χ3n) is 7.38. The van der Waals surface area contributed by atoms with Crippen molar-refractivity contribution < 1.29 is 35.5 Å². The van der Waals surface area contributed by atoms with E-state index < -0.39 is 46.8 Å². The van der Waals surface area contributed by atoms with Crippen molar-refractivity contribution in [3.05, 3.63) is 70.5 Å². The van der Waals surface area contributed by atoms with E-state index in [-0.39, 0.29) is 12.0 Å². The fraction of sp³-hybridized carbons (Fsp3) is 0.500. The average Bonchev–Trinajstić information content (AvgIpc) is 2.87. The number of carbonyl (C=O) groups is 1. The molecule has 2 heterocycles. The molecular formula is C26H28F7N3O. The normalized spacial score (nSPS) is 22.2. The maximum Gasteiger partial charge on any atom is 0.416 e. The maximum atomic E-state index is 13.6. The summed E-state index contributed by atoms with van der Waals surface area (Å²) in [6, 6.07) is 6.60. The number of rotatable bonds is 4. The number of likely N-dealkylation sites (tertiary alicyclic amines) is 1. The van der Waals surface area contributed by atoms with Gasteiger partial charge in [-0.2, -0.15) is 26.3 Å². The van der Waals surface area contributed by atoms with Gasteiger partial charge >= 0.3 is 12.4 Å². The molecule has 2 saturated heterocycles. The molecule has 4 nitrogen and oxygen atoms in total. The molecule has 4 rings (SSSR count). The number of carbonyl (C=O) groups excluding carboxylic acids is 1. The summed E-state index contributed by atoms with van der Waals surface area (Å²) in [5.41, 5.74) is -2.99. The van der Waals surface area contributed by atoms with E-state index in [9.17, 15) is 35.5 Å². The topological polar surface area (TPSA) is 35.6 Å². The van der Waals surface area contributed by atoms with Crippen LogP contribution in [0.25, 0.3) is 0 Å². The molecule has 2 fully saturated rings. The van der Waals surface area contributed by atoms with Crippen LogP contribution in [0.15, 0.2) is 42.5 Å². The van der Waals surface area contributed by atoms with Gasteiger partial charge in [-0.05, 0) is 68.2 Å². The Hall–Kier alpha value is -2.66. The maximum absolute atomic E-state index is 13.6. The fourth-order valence-corrected chi connectivity index (χ4v) is 5.40. The minimum absolute atomic E-state index is 0.00954. The molecule has 2 aromatic carbocycles. The molecule has 0 aromatic heterocycles. The number of piperidine rings is 2. The molecule has 2 unspecified atom stereocenters. The molecule has 2 aliphatic rings. The number of hydrogen-bond donors (Lipinski definition) is 1. The molecule has 11 heteroatoms. The second-order valence-electron chi connectivity index (χ2n) is 9.70. The van der Waals surface area contributed by atoms with Crippen LogP contribution in [0.5, 0.6) is 0 Å². The third-order valence-corrected chi connectivity index (χ3v) is 7.38. The Balaban J connectivity index is 1.65. The Morgan fingerprint density at radius 1 is 0.919 bits per heavy atom. The first kappa shape index (κ1) is 27.4. The standard InChI is InChI=1S/C26H28F7N3O/c1-35(24(37)17-12-18(25(28,29)30)14-19(13-17)26(31,32)33)23-8-11-36(21-6-9-34-10-7-21)15-22(23)16-2-4-20(27)5-3-16/h2-5,12-14,21-23,34H,6-11,15H2,1H3. The smallest absolute Gasteiger partial charge is 0.338 e. The number of amides is 1. The van der Waals surface area contributed by atoms with Gasteiger partial charge in [0, 0.05) is 43.7 Å². The monoisotopic (exact) mass is 531 g/mol. The number of nitrogens with one attached hydrogen (secondary N) is 1. The van der Waals surface area contributed by atoms with Crippen LogP contribution in [-0.2, 0) is 12.4 Å². The van der Waals surface area contributed by atoms with Gasteiger partial charge < -0.3 is 10.2 Å². The molecule has 0 spiro atoms. The summed E-state index contributed by atoms with van der Waals surface area (Å²) in [5, 5.41) is 3.31. The van der Waals surface area contributed by atoms with Gasteiger partial charge in [0.2, 0.25) is 0 Å². The highest BCUT2D eigenvalue weighted by molar-refractivity contribution is 5.94. The van der Waals surface area contributed by atoms with E-state index >= 15 is 0 Å². The Labute approximate surface area is 210 Å². The number of alkyl halides is 6. The largest absolute Gasteiger partial charge is 0.416 e. The van der Waals surface area contributed by atoms with E-state index in [0.29, 0.717) is 37.7 Å². The minimum atomic E-state index is -5.05. The van der Waals surface area contributed by atoms with Gasteiger partial charge in [-0.25, -0.2) is 4.39 Å². The lowest BCUT2D eigenvalue weighted by molar-refractivity contribution is -0.143. The third kappa shape index (κ3) is 6.26. The molecule has 0 radical (unpaired) electrons. The van der Waals surface area contributed by atoms with Crippen molar-refractivity contribution in [2.45, 2.75) is 49.6 Å². The summed E-state index contributed by atoms with van der Waals surface area (Å²) < 4.78 is 93.8. The Morgan fingerprint density at radius 3 is 2.03 bits per heavy atom. The van der Waals surface area contributed by atoms with Crippen LogP contribution in [0.2, 0.25) is 0 Å². The van der Waals surface area contributed by atoms with Gasteiger partial charge in [0.15, 0.2) is 0 Å². The molecule has 0 saturated carbocycles. The van der Waals surface area contributed by atoms with Crippen molar-refractivity contribution in [2.24, 2.45) is 0 Å². The quantitative estimate of drug-likeness (QED) is 0.526. The molecule has 1 amide bonds. The Kier molecular flexibility index (Phi) is 7.85. The zero-order valence-corrected chi connectivity index (χ0v) is 20.2. The summed E-state index contributed by atoms with van der Waals surface area (Å²) in [5.74, 6) is -1.66. The van der Waals surface area contributed by atoms with Crippen LogP contribution >= 0.6 is 0 Å². The molecule has 0 aliphatic carbocycles. The molecular weight excluding hydrogens is 503 g/mol. The van der Waals surface area contributed by atoms with E-state index in [1.165, 1.54) is 24.1 Å². The zero-order valence-electron chi connectivity index (χ0n) is 20.2. The van der Waals surface area contributed by atoms with Crippen LogP contribution in [0.4, 0.5) is 30.7 Å². The van der Waals surface area contributed by atoms with Crippen molar-refractivity contribution in [2.75, 3.05) is 33.2 Å². The predicted octanol–water partition coefficient (Wildman–Crippen LogP) is 5.55. The highest BCUT2D eigenvalue weighted by atomic mass is 19.4. The van der Waals surface area contributed by atoms with Crippen molar-refractivity contribution in [1.82, 2.24) is 15.1 Å². The van der Waals surface area contributed by atoms with E-state index in [0.717, 1.165) is 31.5 Å². The summed E-state index contributed by atoms with van der Waals surface area (Å²) >= 11 is 0. The number of nitrogens with zero attached hydrogens (tertiary/aromatic N) is 2. The van der Waals surface area contributed by atoms with Crippen molar-refractivity contribution >= 4 is 5.91 Å². The van der Waals surface area contributed by atoms with Crippen molar-refractivity contribution in [3.63, 3.8) is 0 Å². The van der Waals surface area contributed by atoms with Crippen molar-refractivity contribution in [3.8, 4) is 0 Å². The van der Waals surface area contributed by atoms with Gasteiger partial charge in [-0.1, -0.05) is 12.1 Å². The highest BCUT2D eigenvalue weighted by Gasteiger charge is 2.40. The SMILES string of the molecule is CN(C(=O)c1cc(C(F)(F)F)cc(C(F)(F)F)c1)C1CCN(C2CCNCC2)CC1c1ccc(F)cc1. The first-order chi connectivity index (χ1) is 17.3. The first-order valence-corrected chi connectivity index (χ1v) is 12.1. The van der Waals surface area contributed by atoms with Gasteiger partial charge in [0.25, 0.3) is 5.91 Å². The molecule has 2 atom stereocenters. The summed E-state index contributed by atoms with van der Waals surface area (Å²) in [4.78, 5) is 16.9. The molecule has 2 aliphatic heterocycles.